The van der Waals surface area contributed by atoms with E-state index >= 15 is 0 Å². The Morgan fingerprint density at radius 1 is 0.398 bits per heavy atom. The molecule has 123 heavy (non-hydrogen) atoms. The molecule has 35 heteroatoms. The van der Waals surface area contributed by atoms with Crippen molar-refractivity contribution in [3.8, 4) is 33.8 Å². The zero-order chi connectivity index (χ0) is 86.0. The summed E-state index contributed by atoms with van der Waals surface area (Å²) in [4.78, 5) is 49.4. The van der Waals surface area contributed by atoms with Gasteiger partial charge in [0.1, 0.15) is 81.5 Å². The lowest BCUT2D eigenvalue weighted by atomic mass is 9.80. The molecule has 0 aliphatic heterocycles. The number of rotatable bonds is 15. The number of aromatic nitrogens is 19. The first-order valence-electron chi connectivity index (χ1n) is 39.2. The van der Waals surface area contributed by atoms with Crippen LogP contribution in [0.3, 0.4) is 0 Å². The van der Waals surface area contributed by atoms with E-state index in [-0.39, 0.29) is 39.2 Å². The van der Waals surface area contributed by atoms with Gasteiger partial charge in [-0.15, -0.1) is 11.3 Å². The Balaban J connectivity index is 0.000000120. The van der Waals surface area contributed by atoms with Crippen LogP contribution >= 0.6 is 46.1 Å². The van der Waals surface area contributed by atoms with E-state index in [2.05, 4.69) is 119 Å². The largest absolute Gasteiger partial charge is 0.416 e. The van der Waals surface area contributed by atoms with Gasteiger partial charge < -0.3 is 26.6 Å². The quantitative estimate of drug-likeness (QED) is 0.0431. The maximum Gasteiger partial charge on any atom is 0.416 e. The van der Waals surface area contributed by atoms with Gasteiger partial charge in [-0.2, -0.15) is 33.6 Å². The Labute approximate surface area is 718 Å². The highest BCUT2D eigenvalue weighted by Crippen LogP contribution is 2.41. The predicted octanol–water partition coefficient (Wildman–Crippen LogP) is 24.5. The SMILES string of the molecule is Cc1cc(Nc2[nH]nc3ncc(F)cc23)nc(-c2ccccc2Cl)c1.Cc1cc(Nc2[nH]nc3ncc(F)cc23)nc([C@H]2CCCC[C@@H]2C)n1.Cc1cc(Nc2n[nH]c3ccc(F)cc23)nc(C2CCCCC2)n1.Cc1cc(Nc2ncc(C)s2)nc(-c2ccccc2Cl)c1.Fc1cnc2n[nH]c(Nc3cc(C(F)(F)F)cc(-c4ccccc4Cl)n3)c2c1. The summed E-state index contributed by atoms with van der Waals surface area (Å²) in [7, 11) is 0. The summed E-state index contributed by atoms with van der Waals surface area (Å²) in [5.41, 5.74) is 8.74. The number of nitrogens with zero attached hydrogens (tertiary/aromatic N) is 15. The van der Waals surface area contributed by atoms with Crippen LogP contribution in [0.1, 0.15) is 121 Å². The summed E-state index contributed by atoms with van der Waals surface area (Å²) >= 11 is 20.2. The zero-order valence-electron chi connectivity index (χ0n) is 66.8. The van der Waals surface area contributed by atoms with Crippen molar-refractivity contribution in [3.63, 3.8) is 0 Å². The molecule has 626 valence electrons. The summed E-state index contributed by atoms with van der Waals surface area (Å²) < 4.78 is 94.1. The Morgan fingerprint density at radius 2 is 0.837 bits per heavy atom. The van der Waals surface area contributed by atoms with E-state index in [0.717, 1.165) is 134 Å². The first kappa shape index (κ1) is 84.8. The highest BCUT2D eigenvalue weighted by atomic mass is 35.5. The molecule has 2 aliphatic rings. The van der Waals surface area contributed by atoms with Crippen LogP contribution in [0.4, 0.5) is 88.2 Å². The second-order valence-corrected chi connectivity index (χ2v) is 32.1. The van der Waals surface area contributed by atoms with Gasteiger partial charge in [0, 0.05) is 83.6 Å². The normalized spacial score (nSPS) is 14.0. The van der Waals surface area contributed by atoms with Crippen molar-refractivity contribution < 1.29 is 30.7 Å². The van der Waals surface area contributed by atoms with Crippen molar-refractivity contribution >= 4 is 148 Å². The molecule has 2 aliphatic carbocycles. The number of fused-ring (bicyclic) bond motifs is 4. The van der Waals surface area contributed by atoms with Crippen LogP contribution < -0.4 is 26.6 Å². The summed E-state index contributed by atoms with van der Waals surface area (Å²) in [5, 5.41) is 47.6. The van der Waals surface area contributed by atoms with Crippen LogP contribution in [0, 0.1) is 63.8 Å². The number of thiazole rings is 1. The standard InChI is InChI=1S/C18H10ClF4N5.C18H13ClFN5.C18H21FN6.C18H20FN5.C16H14ClN3S/c19-13-4-2-1-3-11(13)14-5-9(18(21,22)23)6-15(25-14)26-17-12-7-10(20)8-24-16(12)27-28-17;1-10-6-15(12-4-2-3-5-14(12)19)22-16(7-10)23-18-13-8-11(20)9-21-17(13)24-25-18;1-10-5-3-4-6-13(10)17-21-11(2)7-15(22-17)23-18-14-8-12(19)9-20-16(14)24-25-18;1-11-9-16(21-17(20-11)12-5-3-2-4-6-12)22-18-14-10-13(19)7-8-15(14)23-24-18;1-10-7-14(12-5-3-4-6-13(12)17)19-15(8-10)20-16-18-9-11(2)21-16/h1-8H,(H2,24,25,26,27,28);2-9H,1H3,(H2,21,22,23,24,25);7-10,13H,3-6H2,1-2H3,(H2,20,21,22,23,24,25);7-10,12H,2-6H2,1H3,(H2,20,21,22,23,24);3-9H,1-2H3,(H,18,19,20)/t;;10-,13-;;/m..0../s1. The van der Waals surface area contributed by atoms with E-state index in [0.29, 0.717) is 95.7 Å². The molecule has 0 radical (unpaired) electrons. The molecule has 13 heterocycles. The van der Waals surface area contributed by atoms with Crippen LogP contribution in [0.2, 0.25) is 15.1 Å². The van der Waals surface area contributed by atoms with Crippen molar-refractivity contribution in [2.45, 2.75) is 117 Å². The summed E-state index contributed by atoms with van der Waals surface area (Å²) in [6.07, 6.45) is 11.5. The molecular formula is C88H78Cl3F7N24S. The molecule has 2 saturated carbocycles. The number of anilines is 10. The Kier molecular flexibility index (Phi) is 26.1. The third-order valence-electron chi connectivity index (χ3n) is 20.2. The second kappa shape index (κ2) is 37.9. The van der Waals surface area contributed by atoms with Gasteiger partial charge in [0.15, 0.2) is 27.9 Å². The Bertz CT molecular complexity index is 6630. The van der Waals surface area contributed by atoms with Gasteiger partial charge in [0.2, 0.25) is 0 Å². The lowest BCUT2D eigenvalue weighted by molar-refractivity contribution is -0.137. The number of halogens is 10. The van der Waals surface area contributed by atoms with Crippen LogP contribution in [0.25, 0.3) is 77.8 Å². The maximum atomic E-state index is 13.5. The van der Waals surface area contributed by atoms with Crippen molar-refractivity contribution in [2.24, 2.45) is 5.92 Å². The lowest BCUT2D eigenvalue weighted by Crippen LogP contribution is -2.18. The maximum absolute atomic E-state index is 13.5. The molecule has 17 aromatic rings. The van der Waals surface area contributed by atoms with E-state index < -0.39 is 29.2 Å². The molecule has 2 fully saturated rings. The average molecular weight is 1740 g/mol. The van der Waals surface area contributed by atoms with Crippen LogP contribution in [-0.2, 0) is 6.18 Å². The van der Waals surface area contributed by atoms with Crippen molar-refractivity contribution in [1.82, 2.24) is 95.6 Å². The van der Waals surface area contributed by atoms with E-state index in [9.17, 15) is 30.7 Å². The van der Waals surface area contributed by atoms with Crippen molar-refractivity contribution in [3.05, 3.63) is 265 Å². The summed E-state index contributed by atoms with van der Waals surface area (Å²) in [5.74, 6) is 6.04. The molecule has 0 spiro atoms. The summed E-state index contributed by atoms with van der Waals surface area (Å²) in [6.45, 7) is 12.3. The van der Waals surface area contributed by atoms with Gasteiger partial charge in [-0.25, -0.2) is 72.4 Å². The zero-order valence-corrected chi connectivity index (χ0v) is 69.9. The number of benzene rings is 4. The van der Waals surface area contributed by atoms with Gasteiger partial charge in [-0.3, -0.25) is 20.4 Å². The van der Waals surface area contributed by atoms with Crippen LogP contribution in [-0.4, -0.2) is 95.6 Å². The van der Waals surface area contributed by atoms with Gasteiger partial charge in [0.05, 0.1) is 62.9 Å². The number of H-pyrrole nitrogens is 4. The molecular weight excluding hydrogens is 1660 g/mol. The van der Waals surface area contributed by atoms with Gasteiger partial charge in [-0.1, -0.05) is 135 Å². The van der Waals surface area contributed by atoms with Gasteiger partial charge in [-0.05, 0) is 162 Å². The molecule has 0 unspecified atom stereocenters. The van der Waals surface area contributed by atoms with Gasteiger partial charge >= 0.3 is 6.18 Å². The summed E-state index contributed by atoms with van der Waals surface area (Å²) in [6, 6.07) is 43.6. The van der Waals surface area contributed by atoms with E-state index in [4.69, 9.17) is 44.8 Å². The van der Waals surface area contributed by atoms with E-state index in [1.807, 2.05) is 126 Å². The minimum absolute atomic E-state index is 0.0380. The number of hydrogen-bond donors (Lipinski definition) is 9. The fourth-order valence-electron chi connectivity index (χ4n) is 14.4. The highest BCUT2D eigenvalue weighted by Gasteiger charge is 2.33. The highest BCUT2D eigenvalue weighted by molar-refractivity contribution is 7.15. The van der Waals surface area contributed by atoms with Crippen molar-refractivity contribution in [2.75, 3.05) is 26.6 Å². The number of alkyl halides is 3. The first-order chi connectivity index (χ1) is 59.3. The van der Waals surface area contributed by atoms with Gasteiger partial charge in [0.25, 0.3) is 0 Å². The molecule has 24 nitrogen and oxygen atoms in total. The fraction of sp³-hybridized carbons (Fsp3) is 0.216. The topological polar surface area (TPSA) is 317 Å². The molecule has 13 aromatic heterocycles. The minimum atomic E-state index is -4.60. The monoisotopic (exact) mass is 1740 g/mol. The number of nitrogens with one attached hydrogen (secondary N) is 9. The van der Waals surface area contributed by atoms with E-state index in [1.165, 1.54) is 62.8 Å². The molecule has 0 saturated heterocycles. The average Bonchev–Trinajstić information content (AvgIpc) is 1.78. The Hall–Kier alpha value is -13.2. The molecule has 19 rings (SSSR count). The second-order valence-electron chi connectivity index (χ2n) is 29.6. The molecule has 9 N–H and O–H groups in total. The molecule has 0 amide bonds. The van der Waals surface area contributed by atoms with E-state index in [1.54, 1.807) is 41.7 Å². The first-order valence-corrected chi connectivity index (χ1v) is 41.2. The minimum Gasteiger partial charge on any atom is -0.325 e. The number of pyridine rings is 6. The predicted molar refractivity (Wildman–Crippen MR) is 469 cm³/mol. The Morgan fingerprint density at radius 3 is 1.33 bits per heavy atom. The molecule has 2 atom stereocenters. The van der Waals surface area contributed by atoms with Crippen molar-refractivity contribution in [1.29, 1.82) is 0 Å². The number of aromatic amines is 4. The third-order valence-corrected chi connectivity index (χ3v) is 22.0. The van der Waals surface area contributed by atoms with Crippen LogP contribution in [0.15, 0.2) is 183 Å². The fourth-order valence-corrected chi connectivity index (χ4v) is 15.7. The van der Waals surface area contributed by atoms with Crippen LogP contribution in [0.5, 0.6) is 0 Å². The number of aryl methyl sites for hydroxylation is 5. The number of hydrogen-bond acceptors (Lipinski definition) is 21. The smallest absolute Gasteiger partial charge is 0.325 e. The molecule has 4 aromatic carbocycles. The lowest BCUT2D eigenvalue weighted by Gasteiger charge is -2.27. The third kappa shape index (κ3) is 21.2. The molecule has 0 bridgehead atoms.